The number of carbonyl (C=O) groups excluding carboxylic acids is 2. The highest BCUT2D eigenvalue weighted by molar-refractivity contribution is 5.92. The molecule has 1 fully saturated rings. The number of hydrogen-bond acceptors (Lipinski definition) is 7. The summed E-state index contributed by atoms with van der Waals surface area (Å²) >= 11 is 0. The van der Waals surface area contributed by atoms with Gasteiger partial charge in [-0.05, 0) is 24.3 Å². The summed E-state index contributed by atoms with van der Waals surface area (Å²) in [5.74, 6) is -0.102. The normalized spacial score (nSPS) is 19.4. The predicted molar refractivity (Wildman–Crippen MR) is 105 cm³/mol. The van der Waals surface area contributed by atoms with Crippen LogP contribution in [0.5, 0.6) is 0 Å². The second kappa shape index (κ2) is 9.15. The van der Waals surface area contributed by atoms with Crippen LogP contribution in [0.2, 0.25) is 0 Å². The van der Waals surface area contributed by atoms with E-state index in [1.165, 1.54) is 35.5 Å². The summed E-state index contributed by atoms with van der Waals surface area (Å²) in [6.45, 7) is 4.80. The van der Waals surface area contributed by atoms with Crippen molar-refractivity contribution in [1.82, 2.24) is 10.5 Å². The summed E-state index contributed by atoms with van der Waals surface area (Å²) in [4.78, 5) is 34.8. The minimum absolute atomic E-state index is 0.206. The second-order valence-corrected chi connectivity index (χ2v) is 6.18. The molecule has 29 heavy (non-hydrogen) atoms. The number of anilines is 2. The van der Waals surface area contributed by atoms with Crippen LogP contribution in [0, 0.1) is 5.82 Å². The van der Waals surface area contributed by atoms with Crippen molar-refractivity contribution in [3.8, 4) is 0 Å². The first-order valence-electron chi connectivity index (χ1n) is 8.82. The Kier molecular flexibility index (Phi) is 6.39. The van der Waals surface area contributed by atoms with Gasteiger partial charge in [-0.3, -0.25) is 19.5 Å². The van der Waals surface area contributed by atoms with Gasteiger partial charge >= 0.3 is 6.09 Å². The quantitative estimate of drug-likeness (QED) is 0.316. The fraction of sp³-hybridized carbons (Fsp3) is 0.333. The Balaban J connectivity index is 1.68. The monoisotopic (exact) mass is 404 g/mol. The van der Waals surface area contributed by atoms with E-state index in [0.717, 1.165) is 0 Å². The average molecular weight is 404 g/mol. The molecule has 0 radical (unpaired) electrons. The smallest absolute Gasteiger partial charge is 0.414 e. The molecule has 1 unspecified atom stereocenters. The lowest BCUT2D eigenvalue weighted by molar-refractivity contribution is -0.118. The molecule has 2 amide bonds. The van der Waals surface area contributed by atoms with E-state index in [1.807, 2.05) is 0 Å². The fourth-order valence-electron chi connectivity index (χ4n) is 2.88. The third-order valence-corrected chi connectivity index (χ3v) is 4.32. The highest BCUT2D eigenvalue weighted by Crippen LogP contribution is 2.28. The first-order chi connectivity index (χ1) is 14.0. The number of hydrogen-bond donors (Lipinski definition) is 1. The molecular formula is C18H21FN6O4. The molecule has 1 aromatic carbocycles. The maximum atomic E-state index is 14.7. The first-order valence-corrected chi connectivity index (χ1v) is 8.82. The Morgan fingerprint density at radius 1 is 1.52 bits per heavy atom. The Morgan fingerprint density at radius 2 is 2.34 bits per heavy atom. The maximum Gasteiger partial charge on any atom is 0.414 e. The zero-order chi connectivity index (χ0) is 20.8. The molecule has 1 N–H and O–H groups in total. The van der Waals surface area contributed by atoms with Gasteiger partial charge in [-0.2, -0.15) is 5.10 Å². The summed E-state index contributed by atoms with van der Waals surface area (Å²) in [5.41, 5.74) is 3.24. The van der Waals surface area contributed by atoms with Gasteiger partial charge in [0.2, 0.25) is 6.41 Å². The molecule has 2 aliphatic heterocycles. The topological polar surface area (TPSA) is 99.1 Å². The minimum atomic E-state index is -0.571. The second-order valence-electron chi connectivity index (χ2n) is 6.18. The van der Waals surface area contributed by atoms with E-state index in [0.29, 0.717) is 36.7 Å². The number of nitrogens with one attached hydrogen (secondary N) is 1. The van der Waals surface area contributed by atoms with Gasteiger partial charge in [0.25, 0.3) is 0 Å². The van der Waals surface area contributed by atoms with Gasteiger partial charge in [-0.1, -0.05) is 6.58 Å². The summed E-state index contributed by atoms with van der Waals surface area (Å²) < 4.78 is 20.0. The predicted octanol–water partition coefficient (Wildman–Crippen LogP) is 1.11. The van der Waals surface area contributed by atoms with Crippen LogP contribution in [0.25, 0.3) is 0 Å². The minimum Gasteiger partial charge on any atom is -0.442 e. The molecule has 1 saturated heterocycles. The summed E-state index contributed by atoms with van der Waals surface area (Å²) in [5, 5.41) is 5.13. The third kappa shape index (κ3) is 4.69. The van der Waals surface area contributed by atoms with Crippen LogP contribution in [-0.2, 0) is 14.4 Å². The highest BCUT2D eigenvalue weighted by atomic mass is 19.1. The number of ether oxygens (including phenoxy) is 1. The Bertz CT molecular complexity index is 846. The number of amidine groups is 1. The van der Waals surface area contributed by atoms with E-state index in [4.69, 9.17) is 9.57 Å². The van der Waals surface area contributed by atoms with Gasteiger partial charge in [0.05, 0.1) is 38.1 Å². The summed E-state index contributed by atoms with van der Waals surface area (Å²) in [7, 11) is 1.45. The molecule has 0 saturated carbocycles. The van der Waals surface area contributed by atoms with Gasteiger partial charge in [0, 0.05) is 6.54 Å². The molecule has 0 bridgehead atoms. The van der Waals surface area contributed by atoms with E-state index in [-0.39, 0.29) is 13.1 Å². The number of aliphatic imine (C=N–C) groups is 1. The summed E-state index contributed by atoms with van der Waals surface area (Å²) in [6.07, 6.45) is 2.42. The van der Waals surface area contributed by atoms with Crippen molar-refractivity contribution in [3.05, 3.63) is 36.7 Å². The van der Waals surface area contributed by atoms with Crippen LogP contribution in [0.15, 0.2) is 40.9 Å². The van der Waals surface area contributed by atoms with E-state index in [1.54, 1.807) is 17.0 Å². The molecule has 2 aliphatic rings. The van der Waals surface area contributed by atoms with Crippen molar-refractivity contribution in [1.29, 1.82) is 0 Å². The van der Waals surface area contributed by atoms with E-state index in [9.17, 15) is 14.0 Å². The average Bonchev–Trinajstić information content (AvgIpc) is 3.11. The number of rotatable bonds is 7. The van der Waals surface area contributed by atoms with Gasteiger partial charge in [-0.25, -0.2) is 19.7 Å². The number of benzene rings is 1. The summed E-state index contributed by atoms with van der Waals surface area (Å²) in [6, 6.07) is 4.46. The molecule has 11 heteroatoms. The van der Waals surface area contributed by atoms with Crippen molar-refractivity contribution in [2.24, 2.45) is 10.1 Å². The lowest BCUT2D eigenvalue weighted by Gasteiger charge is -2.27. The van der Waals surface area contributed by atoms with E-state index in [2.05, 4.69) is 22.2 Å². The zero-order valence-electron chi connectivity index (χ0n) is 15.8. The zero-order valence-corrected chi connectivity index (χ0v) is 15.8. The van der Waals surface area contributed by atoms with Gasteiger partial charge in [0.15, 0.2) is 0 Å². The molecule has 0 spiro atoms. The van der Waals surface area contributed by atoms with Crippen LogP contribution < -0.4 is 15.3 Å². The van der Waals surface area contributed by atoms with Crippen molar-refractivity contribution in [2.75, 3.05) is 43.1 Å². The SMILES string of the molecule is C=CC(=NCC1CN(c2ccc(N3C=NN(C=O)CC3)c(F)c2)C(=O)O1)NOC. The number of nitrogens with zero attached hydrogens (tertiary/aromatic N) is 5. The van der Waals surface area contributed by atoms with Crippen LogP contribution in [0.1, 0.15) is 0 Å². The maximum absolute atomic E-state index is 14.7. The first kappa shape index (κ1) is 20.3. The van der Waals surface area contributed by atoms with Crippen LogP contribution in [0.4, 0.5) is 20.6 Å². The highest BCUT2D eigenvalue weighted by Gasteiger charge is 2.32. The number of hydrazone groups is 1. The molecule has 3 rings (SSSR count). The lowest BCUT2D eigenvalue weighted by atomic mass is 10.2. The van der Waals surface area contributed by atoms with E-state index >= 15 is 0 Å². The lowest BCUT2D eigenvalue weighted by Crippen LogP contribution is -2.37. The molecule has 154 valence electrons. The Labute approximate surface area is 166 Å². The van der Waals surface area contributed by atoms with Crippen LogP contribution in [0.3, 0.4) is 0 Å². The van der Waals surface area contributed by atoms with Gasteiger partial charge in [-0.15, -0.1) is 0 Å². The van der Waals surface area contributed by atoms with Gasteiger partial charge < -0.3 is 9.64 Å². The third-order valence-electron chi connectivity index (χ3n) is 4.32. The van der Waals surface area contributed by atoms with Crippen LogP contribution >= 0.6 is 0 Å². The van der Waals surface area contributed by atoms with Crippen LogP contribution in [-0.4, -0.2) is 69.1 Å². The molecule has 1 atom stereocenters. The van der Waals surface area contributed by atoms with Gasteiger partial charge in [0.1, 0.15) is 24.1 Å². The molecule has 0 aromatic heterocycles. The number of carbonyl (C=O) groups is 2. The standard InChI is InChI=1S/C18H21FN6O4/c1-3-17(22-28-2)20-9-14-10-25(18(27)29-14)13-4-5-16(15(19)8-13)23-6-7-24(12-26)21-11-23/h3-5,8,11-12,14H,1,6-7,9-10H2,2H3,(H,20,22). The molecule has 0 aliphatic carbocycles. The number of hydroxylamine groups is 1. The molecule has 2 heterocycles. The van der Waals surface area contributed by atoms with Crippen molar-refractivity contribution in [2.45, 2.75) is 6.10 Å². The molecular weight excluding hydrogens is 383 g/mol. The molecule has 1 aromatic rings. The van der Waals surface area contributed by atoms with E-state index < -0.39 is 18.0 Å². The number of halogens is 1. The Hall–Kier alpha value is -3.47. The fourth-order valence-corrected chi connectivity index (χ4v) is 2.88. The van der Waals surface area contributed by atoms with Crippen molar-refractivity contribution < 1.29 is 23.6 Å². The number of amides is 2. The Morgan fingerprint density at radius 3 is 2.97 bits per heavy atom. The van der Waals surface area contributed by atoms with Crippen molar-refractivity contribution in [3.63, 3.8) is 0 Å². The molecule has 10 nitrogen and oxygen atoms in total. The number of cyclic esters (lactones) is 1. The van der Waals surface area contributed by atoms with Crippen molar-refractivity contribution >= 4 is 36.1 Å². The largest absolute Gasteiger partial charge is 0.442 e.